The Labute approximate surface area is 188 Å². The summed E-state index contributed by atoms with van der Waals surface area (Å²) in [7, 11) is 1.57. The van der Waals surface area contributed by atoms with Crippen LogP contribution in [-0.2, 0) is 14.3 Å². The number of hydrogen-bond acceptors (Lipinski definition) is 5. The maximum atomic E-state index is 12.5. The van der Waals surface area contributed by atoms with Gasteiger partial charge in [-0.3, -0.25) is 4.79 Å². The highest BCUT2D eigenvalue weighted by atomic mass is 16.5. The van der Waals surface area contributed by atoms with Crippen LogP contribution in [-0.4, -0.2) is 25.6 Å². The number of ether oxygens (including phenoxy) is 2. The maximum absolute atomic E-state index is 12.5. The van der Waals surface area contributed by atoms with Crippen LogP contribution in [0.4, 0.5) is 5.69 Å². The van der Waals surface area contributed by atoms with Crippen molar-refractivity contribution in [1.29, 1.82) is 0 Å². The number of rotatable bonds is 8. The number of carbonyl (C=O) groups excluding carboxylic acids is 2. The molecular formula is C26H29NO5. The summed E-state index contributed by atoms with van der Waals surface area (Å²) in [5.41, 5.74) is 3.50. The lowest BCUT2D eigenvalue weighted by Crippen LogP contribution is -2.22. The van der Waals surface area contributed by atoms with Crippen molar-refractivity contribution in [2.24, 2.45) is 0 Å². The standard InChI is InChI=1S/C26H29NO5/c1-16(2)20-9-7-10-21(17(3)4)25(20)27-23(28)15-31-24(29)13-12-19-14-18-8-6-11-22(30-5)26(18)32-19/h6-14,16-17H,15H2,1-5H3,(H,27,28)/b13-12+. The van der Waals surface area contributed by atoms with Crippen molar-refractivity contribution < 1.29 is 23.5 Å². The van der Waals surface area contributed by atoms with Gasteiger partial charge < -0.3 is 19.2 Å². The van der Waals surface area contributed by atoms with Crippen molar-refractivity contribution in [1.82, 2.24) is 0 Å². The largest absolute Gasteiger partial charge is 0.493 e. The second-order valence-electron chi connectivity index (χ2n) is 8.14. The molecule has 0 aliphatic rings. The normalized spacial score (nSPS) is 11.5. The molecule has 6 nitrogen and oxygen atoms in total. The Morgan fingerprint density at radius 3 is 2.31 bits per heavy atom. The van der Waals surface area contributed by atoms with Gasteiger partial charge >= 0.3 is 5.97 Å². The molecule has 32 heavy (non-hydrogen) atoms. The molecule has 3 aromatic rings. The fraction of sp³-hybridized carbons (Fsp3) is 0.308. The van der Waals surface area contributed by atoms with Crippen LogP contribution >= 0.6 is 0 Å². The smallest absolute Gasteiger partial charge is 0.331 e. The fourth-order valence-corrected chi connectivity index (χ4v) is 3.50. The molecule has 0 radical (unpaired) electrons. The lowest BCUT2D eigenvalue weighted by Gasteiger charge is -2.20. The van der Waals surface area contributed by atoms with E-state index in [1.54, 1.807) is 19.2 Å². The van der Waals surface area contributed by atoms with Crippen LogP contribution in [0.2, 0.25) is 0 Å². The van der Waals surface area contributed by atoms with Crippen LogP contribution in [0, 0.1) is 0 Å². The van der Waals surface area contributed by atoms with Crippen LogP contribution in [0.3, 0.4) is 0 Å². The van der Waals surface area contributed by atoms with Gasteiger partial charge in [0.2, 0.25) is 0 Å². The summed E-state index contributed by atoms with van der Waals surface area (Å²) in [5.74, 6) is 0.583. The maximum Gasteiger partial charge on any atom is 0.331 e. The van der Waals surface area contributed by atoms with E-state index in [-0.39, 0.29) is 24.3 Å². The van der Waals surface area contributed by atoms with Gasteiger partial charge in [-0.25, -0.2) is 4.79 Å². The quantitative estimate of drug-likeness (QED) is 0.353. The van der Waals surface area contributed by atoms with Gasteiger partial charge in [0.15, 0.2) is 17.9 Å². The zero-order valence-electron chi connectivity index (χ0n) is 19.1. The number of carbonyl (C=O) groups is 2. The Bertz CT molecular complexity index is 1110. The van der Waals surface area contributed by atoms with Gasteiger partial charge in [-0.15, -0.1) is 0 Å². The lowest BCUT2D eigenvalue weighted by atomic mass is 9.92. The molecule has 0 saturated carbocycles. The van der Waals surface area contributed by atoms with E-state index in [0.717, 1.165) is 22.2 Å². The predicted molar refractivity (Wildman–Crippen MR) is 126 cm³/mol. The molecule has 0 aliphatic heterocycles. The molecule has 0 unspecified atom stereocenters. The zero-order chi connectivity index (χ0) is 23.3. The summed E-state index contributed by atoms with van der Waals surface area (Å²) in [6.45, 7) is 7.93. The number of amides is 1. The van der Waals surface area contributed by atoms with Gasteiger partial charge in [0.05, 0.1) is 7.11 Å². The summed E-state index contributed by atoms with van der Waals surface area (Å²) < 4.78 is 16.1. The van der Waals surface area contributed by atoms with Crippen LogP contribution in [0.5, 0.6) is 5.75 Å². The summed E-state index contributed by atoms with van der Waals surface area (Å²) >= 11 is 0. The Morgan fingerprint density at radius 2 is 1.69 bits per heavy atom. The Balaban J connectivity index is 1.63. The first-order valence-corrected chi connectivity index (χ1v) is 10.6. The highest BCUT2D eigenvalue weighted by molar-refractivity contribution is 5.96. The molecule has 1 aromatic heterocycles. The van der Waals surface area contributed by atoms with Gasteiger partial charge in [0, 0.05) is 17.1 Å². The van der Waals surface area contributed by atoms with Crippen molar-refractivity contribution in [3.63, 3.8) is 0 Å². The fourth-order valence-electron chi connectivity index (χ4n) is 3.50. The summed E-state index contributed by atoms with van der Waals surface area (Å²) in [6.07, 6.45) is 2.74. The number of esters is 1. The van der Waals surface area contributed by atoms with E-state index in [0.29, 0.717) is 17.1 Å². The van der Waals surface area contributed by atoms with Crippen LogP contribution < -0.4 is 10.1 Å². The monoisotopic (exact) mass is 435 g/mol. The summed E-state index contributed by atoms with van der Waals surface area (Å²) in [4.78, 5) is 24.6. The third-order valence-electron chi connectivity index (χ3n) is 5.11. The third kappa shape index (κ3) is 5.38. The number of methoxy groups -OCH3 is 1. The van der Waals surface area contributed by atoms with E-state index in [1.807, 2.05) is 30.3 Å². The molecule has 168 valence electrons. The Hall–Kier alpha value is -3.54. The molecule has 1 heterocycles. The second-order valence-corrected chi connectivity index (χ2v) is 8.14. The molecule has 0 bridgehead atoms. The number of para-hydroxylation sites is 2. The Morgan fingerprint density at radius 1 is 1.03 bits per heavy atom. The average molecular weight is 436 g/mol. The minimum Gasteiger partial charge on any atom is -0.493 e. The summed E-state index contributed by atoms with van der Waals surface area (Å²) in [5, 5.41) is 3.79. The molecule has 1 amide bonds. The highest BCUT2D eigenvalue weighted by Crippen LogP contribution is 2.32. The molecule has 0 saturated heterocycles. The first-order valence-electron chi connectivity index (χ1n) is 10.6. The van der Waals surface area contributed by atoms with Crippen molar-refractivity contribution in [2.75, 3.05) is 19.0 Å². The lowest BCUT2D eigenvalue weighted by molar-refractivity contribution is -0.142. The summed E-state index contributed by atoms with van der Waals surface area (Å²) in [6, 6.07) is 13.4. The van der Waals surface area contributed by atoms with E-state index in [1.165, 1.54) is 12.2 Å². The van der Waals surface area contributed by atoms with Crippen LogP contribution in [0.1, 0.15) is 56.4 Å². The van der Waals surface area contributed by atoms with E-state index < -0.39 is 5.97 Å². The minimum atomic E-state index is -0.631. The van der Waals surface area contributed by atoms with Crippen molar-refractivity contribution in [3.8, 4) is 5.75 Å². The molecular weight excluding hydrogens is 406 g/mol. The molecule has 0 atom stereocenters. The van der Waals surface area contributed by atoms with E-state index in [4.69, 9.17) is 13.9 Å². The van der Waals surface area contributed by atoms with Gasteiger partial charge in [0.25, 0.3) is 5.91 Å². The third-order valence-corrected chi connectivity index (χ3v) is 5.11. The molecule has 3 rings (SSSR count). The number of furan rings is 1. The molecule has 6 heteroatoms. The second kappa shape index (κ2) is 10.2. The number of fused-ring (bicyclic) bond motifs is 1. The number of hydrogen-bond donors (Lipinski definition) is 1. The van der Waals surface area contributed by atoms with E-state index >= 15 is 0 Å². The van der Waals surface area contributed by atoms with Crippen molar-refractivity contribution in [3.05, 3.63) is 65.4 Å². The number of anilines is 1. The minimum absolute atomic E-state index is 0.247. The highest BCUT2D eigenvalue weighted by Gasteiger charge is 2.16. The Kier molecular flexibility index (Phi) is 7.36. The van der Waals surface area contributed by atoms with Gasteiger partial charge in [-0.05, 0) is 41.2 Å². The van der Waals surface area contributed by atoms with Crippen LogP contribution in [0.25, 0.3) is 17.0 Å². The zero-order valence-corrected chi connectivity index (χ0v) is 19.1. The van der Waals surface area contributed by atoms with Crippen molar-refractivity contribution in [2.45, 2.75) is 39.5 Å². The van der Waals surface area contributed by atoms with Gasteiger partial charge in [-0.1, -0.05) is 58.0 Å². The first kappa shape index (κ1) is 23.1. The SMILES string of the molecule is COc1cccc2cc(/C=C/C(=O)OCC(=O)Nc3c(C(C)C)cccc3C(C)C)oc12. The van der Waals surface area contributed by atoms with Crippen LogP contribution in [0.15, 0.2) is 53.0 Å². The molecule has 2 aromatic carbocycles. The molecule has 0 aliphatic carbocycles. The van der Waals surface area contributed by atoms with E-state index in [2.05, 4.69) is 33.0 Å². The number of benzene rings is 2. The van der Waals surface area contributed by atoms with E-state index in [9.17, 15) is 9.59 Å². The van der Waals surface area contributed by atoms with Crippen molar-refractivity contribution >= 4 is 34.6 Å². The first-order chi connectivity index (χ1) is 15.3. The predicted octanol–water partition coefficient (Wildman–Crippen LogP) is 5.88. The molecule has 1 N–H and O–H groups in total. The number of nitrogens with one attached hydrogen (secondary N) is 1. The van der Waals surface area contributed by atoms with Gasteiger partial charge in [0.1, 0.15) is 5.76 Å². The van der Waals surface area contributed by atoms with Gasteiger partial charge in [-0.2, -0.15) is 0 Å². The molecule has 0 fully saturated rings. The average Bonchev–Trinajstić information content (AvgIpc) is 3.19. The molecule has 0 spiro atoms. The topological polar surface area (TPSA) is 77.8 Å².